The van der Waals surface area contributed by atoms with Crippen molar-refractivity contribution in [1.29, 1.82) is 0 Å². The zero-order valence-corrected chi connectivity index (χ0v) is 17.9. The molecule has 2 aromatic carbocycles. The number of rotatable bonds is 12. The van der Waals surface area contributed by atoms with Gasteiger partial charge < -0.3 is 30.6 Å². The van der Waals surface area contributed by atoms with Gasteiger partial charge in [0.15, 0.2) is 0 Å². The highest BCUT2D eigenvalue weighted by atomic mass is 19.1. The molecule has 2 rings (SSSR count). The Kier molecular flexibility index (Phi) is 10.1. The van der Waals surface area contributed by atoms with Crippen molar-refractivity contribution in [1.82, 2.24) is 0 Å². The quantitative estimate of drug-likeness (QED) is 0.287. The number of aliphatic hydroxyl groups is 6. The largest absolute Gasteiger partial charge is 0.394 e. The molecule has 0 aliphatic heterocycles. The maximum Gasteiger partial charge on any atom is 0.123 e. The highest BCUT2D eigenvalue weighted by molar-refractivity contribution is 5.18. The number of aliphatic hydroxyl groups excluding tert-OH is 6. The summed E-state index contributed by atoms with van der Waals surface area (Å²) in [4.78, 5) is 0. The molecule has 178 valence electrons. The van der Waals surface area contributed by atoms with E-state index in [4.69, 9.17) is 5.11 Å². The maximum absolute atomic E-state index is 13.3. The number of hydrogen-bond acceptors (Lipinski definition) is 6. The topological polar surface area (TPSA) is 121 Å². The van der Waals surface area contributed by atoms with Crippen LogP contribution in [0.1, 0.15) is 24.5 Å². The Morgan fingerprint density at radius 1 is 0.688 bits per heavy atom. The van der Waals surface area contributed by atoms with Crippen molar-refractivity contribution < 1.29 is 39.4 Å². The number of hydrogen-bond donors (Lipinski definition) is 6. The first-order valence-electron chi connectivity index (χ1n) is 10.6. The van der Waals surface area contributed by atoms with Crippen LogP contribution in [0.5, 0.6) is 0 Å². The van der Waals surface area contributed by atoms with Gasteiger partial charge in [0.05, 0.1) is 12.7 Å². The fourth-order valence-electron chi connectivity index (χ4n) is 3.80. The molecule has 0 aromatic heterocycles. The summed E-state index contributed by atoms with van der Waals surface area (Å²) in [6, 6.07) is 11.8. The lowest BCUT2D eigenvalue weighted by molar-refractivity contribution is -0.152. The summed E-state index contributed by atoms with van der Waals surface area (Å²) in [5.41, 5.74) is 1.61. The predicted octanol–water partition coefficient (Wildman–Crippen LogP) is 1.19. The molecule has 0 amide bonds. The van der Waals surface area contributed by atoms with E-state index in [1.165, 1.54) is 24.3 Å². The normalized spacial score (nSPS) is 18.4. The molecule has 0 radical (unpaired) electrons. The lowest BCUT2D eigenvalue weighted by atomic mass is 9.77. The van der Waals surface area contributed by atoms with Crippen LogP contribution in [0.2, 0.25) is 0 Å². The molecule has 0 saturated carbocycles. The molecule has 6 N–H and O–H groups in total. The molecule has 3 unspecified atom stereocenters. The molecule has 0 fully saturated rings. The number of halogens is 2. The molecule has 8 heteroatoms. The van der Waals surface area contributed by atoms with E-state index in [0.717, 1.165) is 5.56 Å². The molecule has 0 aliphatic carbocycles. The van der Waals surface area contributed by atoms with E-state index in [-0.39, 0.29) is 18.2 Å². The third-order valence-electron chi connectivity index (χ3n) is 5.99. The molecule has 0 bridgehead atoms. The van der Waals surface area contributed by atoms with Crippen molar-refractivity contribution in [2.75, 3.05) is 6.61 Å². The first kappa shape index (κ1) is 26.3. The van der Waals surface area contributed by atoms with Gasteiger partial charge in [-0.3, -0.25) is 0 Å². The fraction of sp³-hybridized carbons (Fsp3) is 0.500. The molecular formula is C24H32F2O6. The number of benzene rings is 2. The molecule has 7 atom stereocenters. The Balaban J connectivity index is 2.17. The van der Waals surface area contributed by atoms with Gasteiger partial charge in [0, 0.05) is 0 Å². The van der Waals surface area contributed by atoms with Gasteiger partial charge in [-0.05, 0) is 66.5 Å². The zero-order chi connectivity index (χ0) is 23.8. The summed E-state index contributed by atoms with van der Waals surface area (Å²) >= 11 is 0. The summed E-state index contributed by atoms with van der Waals surface area (Å²) in [6.45, 7) is 1.03. The van der Waals surface area contributed by atoms with Crippen molar-refractivity contribution in [3.63, 3.8) is 0 Å². The second kappa shape index (κ2) is 12.3. The van der Waals surface area contributed by atoms with Crippen LogP contribution < -0.4 is 0 Å². The Labute approximate surface area is 186 Å². The summed E-state index contributed by atoms with van der Waals surface area (Å²) in [6.07, 6.45) is -7.31. The third kappa shape index (κ3) is 7.30. The van der Waals surface area contributed by atoms with Crippen LogP contribution in [0.3, 0.4) is 0 Å². The van der Waals surface area contributed by atoms with Crippen molar-refractivity contribution in [2.45, 2.75) is 56.7 Å². The lowest BCUT2D eigenvalue weighted by Gasteiger charge is -2.35. The Hall–Kier alpha value is -1.94. The van der Waals surface area contributed by atoms with Gasteiger partial charge in [-0.2, -0.15) is 0 Å². The van der Waals surface area contributed by atoms with Crippen molar-refractivity contribution in [3.05, 3.63) is 71.3 Å². The van der Waals surface area contributed by atoms with E-state index >= 15 is 0 Å². The smallest absolute Gasteiger partial charge is 0.123 e. The summed E-state index contributed by atoms with van der Waals surface area (Å²) in [5, 5.41) is 60.0. The van der Waals surface area contributed by atoms with E-state index < -0.39 is 48.9 Å². The average molecular weight is 455 g/mol. The van der Waals surface area contributed by atoms with E-state index in [1.54, 1.807) is 24.3 Å². The Morgan fingerprint density at radius 2 is 1.16 bits per heavy atom. The third-order valence-corrected chi connectivity index (χ3v) is 5.99. The highest BCUT2D eigenvalue weighted by Gasteiger charge is 2.38. The molecule has 32 heavy (non-hydrogen) atoms. The molecule has 6 nitrogen and oxygen atoms in total. The molecule has 0 saturated heterocycles. The van der Waals surface area contributed by atoms with E-state index in [9.17, 15) is 34.3 Å². The first-order valence-corrected chi connectivity index (χ1v) is 10.6. The highest BCUT2D eigenvalue weighted by Crippen LogP contribution is 2.29. The monoisotopic (exact) mass is 454 g/mol. The summed E-state index contributed by atoms with van der Waals surface area (Å²) in [7, 11) is 0. The van der Waals surface area contributed by atoms with Crippen molar-refractivity contribution in [3.8, 4) is 0 Å². The molecule has 0 aliphatic rings. The Morgan fingerprint density at radius 3 is 1.66 bits per heavy atom. The van der Waals surface area contributed by atoms with Crippen molar-refractivity contribution in [2.24, 2.45) is 11.8 Å². The van der Waals surface area contributed by atoms with Crippen LogP contribution in [0.4, 0.5) is 8.78 Å². The standard InChI is InChI=1S/C24H32F2O6/c1-14(2-3-15-4-8-17(25)9-5-15)19(12-16-6-10-18(26)11-7-16)21(29)23(31)24(32)22(30)20(28)13-27/h4-11,14,19-24,27-32H,2-3,12-13H2,1H3/t14?,19?,20-,21?,22+,23+,24-/m0/s1. The molecule has 0 spiro atoms. The van der Waals surface area contributed by atoms with E-state index in [2.05, 4.69) is 0 Å². The molecular weight excluding hydrogens is 422 g/mol. The van der Waals surface area contributed by atoms with Gasteiger partial charge >= 0.3 is 0 Å². The zero-order valence-electron chi connectivity index (χ0n) is 17.9. The van der Waals surface area contributed by atoms with Crippen LogP contribution >= 0.6 is 0 Å². The van der Waals surface area contributed by atoms with Crippen LogP contribution in [0.15, 0.2) is 48.5 Å². The molecule has 0 heterocycles. The summed E-state index contributed by atoms with van der Waals surface area (Å²) in [5.74, 6) is -1.54. The minimum atomic E-state index is -1.90. The Bertz CT molecular complexity index is 801. The number of aryl methyl sites for hydroxylation is 1. The minimum Gasteiger partial charge on any atom is -0.394 e. The van der Waals surface area contributed by atoms with Crippen molar-refractivity contribution >= 4 is 0 Å². The minimum absolute atomic E-state index is 0.193. The predicted molar refractivity (Wildman–Crippen MR) is 115 cm³/mol. The van der Waals surface area contributed by atoms with E-state index in [1.807, 2.05) is 6.92 Å². The van der Waals surface area contributed by atoms with E-state index in [0.29, 0.717) is 18.4 Å². The fourth-order valence-corrected chi connectivity index (χ4v) is 3.80. The maximum atomic E-state index is 13.3. The summed E-state index contributed by atoms with van der Waals surface area (Å²) < 4.78 is 26.4. The van der Waals surface area contributed by atoms with Crippen LogP contribution in [-0.4, -0.2) is 67.8 Å². The van der Waals surface area contributed by atoms with Gasteiger partial charge in [0.1, 0.15) is 36.1 Å². The van der Waals surface area contributed by atoms with Crippen LogP contribution in [-0.2, 0) is 12.8 Å². The second-order valence-electron chi connectivity index (χ2n) is 8.35. The SMILES string of the molecule is CC(CCc1ccc(F)cc1)C(Cc1ccc(F)cc1)C(O)[C@@H](O)[C@@H](O)[C@H](O)[C@@H](O)CO. The van der Waals surface area contributed by atoms with Crippen LogP contribution in [0, 0.1) is 23.5 Å². The van der Waals surface area contributed by atoms with Gasteiger partial charge in [0.2, 0.25) is 0 Å². The van der Waals surface area contributed by atoms with Gasteiger partial charge in [-0.15, -0.1) is 0 Å². The van der Waals surface area contributed by atoms with Gasteiger partial charge in [0.25, 0.3) is 0 Å². The second-order valence-corrected chi connectivity index (χ2v) is 8.35. The van der Waals surface area contributed by atoms with Gasteiger partial charge in [-0.1, -0.05) is 31.2 Å². The average Bonchev–Trinajstić information content (AvgIpc) is 2.80. The molecule has 2 aromatic rings. The van der Waals surface area contributed by atoms with Crippen LogP contribution in [0.25, 0.3) is 0 Å². The van der Waals surface area contributed by atoms with Gasteiger partial charge in [-0.25, -0.2) is 8.78 Å². The first-order chi connectivity index (χ1) is 15.1. The lowest BCUT2D eigenvalue weighted by Crippen LogP contribution is -2.52.